The Morgan fingerprint density at radius 3 is 2.38 bits per heavy atom. The van der Waals surface area contributed by atoms with Gasteiger partial charge in [0.1, 0.15) is 0 Å². The van der Waals surface area contributed by atoms with Crippen LogP contribution in [0, 0.1) is 11.8 Å². The summed E-state index contributed by atoms with van der Waals surface area (Å²) in [4.78, 5) is 12.6. The molecule has 122 valence electrons. The maximum absolute atomic E-state index is 12.6. The molecule has 0 saturated heterocycles. The molecule has 1 amide bonds. The number of halogens is 1. The number of hydrogen-bond acceptors (Lipinski definition) is 1. The van der Waals surface area contributed by atoms with Crippen LogP contribution in [0.15, 0.2) is 0 Å². The molecule has 2 rings (SSSR count). The molecule has 21 heavy (non-hydrogen) atoms. The van der Waals surface area contributed by atoms with Gasteiger partial charge in [-0.1, -0.05) is 61.4 Å². The highest BCUT2D eigenvalue weighted by atomic mass is 79.9. The summed E-state index contributed by atoms with van der Waals surface area (Å²) in [6.07, 6.45) is 14.9. The molecule has 0 aromatic rings. The lowest BCUT2D eigenvalue weighted by molar-refractivity contribution is -0.128. The Kier molecular flexibility index (Phi) is 7.04. The van der Waals surface area contributed by atoms with E-state index in [-0.39, 0.29) is 11.5 Å². The van der Waals surface area contributed by atoms with Crippen LogP contribution in [0.3, 0.4) is 0 Å². The summed E-state index contributed by atoms with van der Waals surface area (Å²) in [5, 5.41) is 4.34. The molecule has 2 nitrogen and oxygen atoms in total. The standard InChI is InChI=1S/C18H32BrNO/c1-2-3-7-15-8-10-16(11-9-15)17(21)20-18(14-19)12-5-4-6-13-18/h15-16H,2-14H2,1H3,(H,20,21). The molecule has 2 aliphatic carbocycles. The van der Waals surface area contributed by atoms with Crippen molar-refractivity contribution in [1.29, 1.82) is 0 Å². The SMILES string of the molecule is CCCCC1CCC(C(=O)NC2(CBr)CCCCC2)CC1. The molecule has 2 fully saturated rings. The van der Waals surface area contributed by atoms with E-state index in [9.17, 15) is 4.79 Å². The summed E-state index contributed by atoms with van der Waals surface area (Å²) in [6, 6.07) is 0. The van der Waals surface area contributed by atoms with Gasteiger partial charge in [0, 0.05) is 16.8 Å². The zero-order valence-electron chi connectivity index (χ0n) is 13.6. The average molecular weight is 358 g/mol. The van der Waals surface area contributed by atoms with Gasteiger partial charge in [0.25, 0.3) is 0 Å². The van der Waals surface area contributed by atoms with Crippen molar-refractivity contribution in [3.05, 3.63) is 0 Å². The monoisotopic (exact) mass is 357 g/mol. The van der Waals surface area contributed by atoms with Crippen LogP contribution in [-0.2, 0) is 4.79 Å². The Morgan fingerprint density at radius 2 is 1.81 bits per heavy atom. The van der Waals surface area contributed by atoms with Crippen LogP contribution in [0.2, 0.25) is 0 Å². The van der Waals surface area contributed by atoms with Crippen LogP contribution in [0.4, 0.5) is 0 Å². The van der Waals surface area contributed by atoms with Crippen LogP contribution in [0.1, 0.15) is 84.0 Å². The fourth-order valence-electron chi connectivity index (χ4n) is 4.09. The predicted molar refractivity (Wildman–Crippen MR) is 92.7 cm³/mol. The number of hydrogen-bond donors (Lipinski definition) is 1. The van der Waals surface area contributed by atoms with Gasteiger partial charge in [-0.15, -0.1) is 0 Å². The van der Waals surface area contributed by atoms with Gasteiger partial charge in [0.15, 0.2) is 0 Å². The molecule has 0 radical (unpaired) electrons. The molecule has 1 N–H and O–H groups in total. The largest absolute Gasteiger partial charge is 0.350 e. The van der Waals surface area contributed by atoms with E-state index >= 15 is 0 Å². The van der Waals surface area contributed by atoms with Gasteiger partial charge < -0.3 is 5.32 Å². The lowest BCUT2D eigenvalue weighted by Gasteiger charge is -2.38. The lowest BCUT2D eigenvalue weighted by atomic mass is 9.78. The first-order valence-electron chi connectivity index (χ1n) is 9.07. The number of unbranched alkanes of at least 4 members (excludes halogenated alkanes) is 1. The minimum absolute atomic E-state index is 0.0500. The molecule has 0 atom stereocenters. The molecule has 0 bridgehead atoms. The Morgan fingerprint density at radius 1 is 1.14 bits per heavy atom. The summed E-state index contributed by atoms with van der Waals surface area (Å²) in [7, 11) is 0. The minimum Gasteiger partial charge on any atom is -0.350 e. The van der Waals surface area contributed by atoms with Crippen LogP contribution < -0.4 is 5.32 Å². The Labute approximate surface area is 139 Å². The van der Waals surface area contributed by atoms with Crippen LogP contribution >= 0.6 is 15.9 Å². The smallest absolute Gasteiger partial charge is 0.223 e. The van der Waals surface area contributed by atoms with Crippen LogP contribution in [0.25, 0.3) is 0 Å². The Bertz CT molecular complexity index is 317. The third-order valence-corrected chi connectivity index (χ3v) is 6.71. The lowest BCUT2D eigenvalue weighted by Crippen LogP contribution is -2.53. The summed E-state index contributed by atoms with van der Waals surface area (Å²) in [5.41, 5.74) is 0.0500. The number of carbonyl (C=O) groups is 1. The highest BCUT2D eigenvalue weighted by Crippen LogP contribution is 2.34. The van der Waals surface area contributed by atoms with E-state index in [4.69, 9.17) is 0 Å². The van der Waals surface area contributed by atoms with Gasteiger partial charge >= 0.3 is 0 Å². The van der Waals surface area contributed by atoms with Crippen LogP contribution in [0.5, 0.6) is 0 Å². The van der Waals surface area contributed by atoms with Gasteiger partial charge in [0.2, 0.25) is 5.91 Å². The predicted octanol–water partition coefficient (Wildman–Crippen LogP) is 5.20. The Balaban J connectivity index is 1.78. The van der Waals surface area contributed by atoms with Gasteiger partial charge in [-0.25, -0.2) is 0 Å². The molecule has 0 aromatic carbocycles. The van der Waals surface area contributed by atoms with Gasteiger partial charge in [-0.2, -0.15) is 0 Å². The van der Waals surface area contributed by atoms with Gasteiger partial charge in [-0.3, -0.25) is 4.79 Å². The van der Waals surface area contributed by atoms with E-state index in [0.29, 0.717) is 5.91 Å². The molecule has 0 aliphatic heterocycles. The topological polar surface area (TPSA) is 29.1 Å². The summed E-state index contributed by atoms with van der Waals surface area (Å²) in [6.45, 7) is 2.27. The van der Waals surface area contributed by atoms with Crippen molar-refractivity contribution in [2.45, 2.75) is 89.5 Å². The fraction of sp³-hybridized carbons (Fsp3) is 0.944. The number of nitrogens with one attached hydrogen (secondary N) is 1. The third-order valence-electron chi connectivity index (χ3n) is 5.64. The first kappa shape index (κ1) is 17.3. The zero-order valence-corrected chi connectivity index (χ0v) is 15.2. The first-order chi connectivity index (χ1) is 10.2. The quantitative estimate of drug-likeness (QED) is 0.650. The summed E-state index contributed by atoms with van der Waals surface area (Å²) in [5.74, 6) is 1.50. The third kappa shape index (κ3) is 4.97. The Hall–Kier alpha value is -0.0500. The molecule has 0 spiro atoms. The number of carbonyl (C=O) groups excluding carboxylic acids is 1. The summed E-state index contributed by atoms with van der Waals surface area (Å²) >= 11 is 3.64. The number of alkyl halides is 1. The van der Waals surface area contributed by atoms with Crippen molar-refractivity contribution in [1.82, 2.24) is 5.32 Å². The van der Waals surface area contributed by atoms with E-state index in [1.54, 1.807) is 0 Å². The number of amides is 1. The molecule has 2 aliphatic rings. The molecular formula is C18H32BrNO. The van der Waals surface area contributed by atoms with E-state index in [1.165, 1.54) is 51.4 Å². The highest BCUT2D eigenvalue weighted by molar-refractivity contribution is 9.09. The van der Waals surface area contributed by atoms with E-state index < -0.39 is 0 Å². The fourth-order valence-corrected chi connectivity index (χ4v) is 4.79. The van der Waals surface area contributed by atoms with Gasteiger partial charge in [-0.05, 0) is 44.4 Å². The molecule has 2 saturated carbocycles. The van der Waals surface area contributed by atoms with Gasteiger partial charge in [0.05, 0.1) is 0 Å². The molecule has 3 heteroatoms. The van der Waals surface area contributed by atoms with Crippen molar-refractivity contribution >= 4 is 21.8 Å². The van der Waals surface area contributed by atoms with E-state index in [0.717, 1.165) is 36.9 Å². The average Bonchev–Trinajstić information content (AvgIpc) is 2.54. The molecule has 0 heterocycles. The maximum atomic E-state index is 12.6. The van der Waals surface area contributed by atoms with Crippen molar-refractivity contribution in [2.75, 3.05) is 5.33 Å². The van der Waals surface area contributed by atoms with Crippen molar-refractivity contribution in [2.24, 2.45) is 11.8 Å². The number of rotatable bonds is 6. The maximum Gasteiger partial charge on any atom is 0.223 e. The van der Waals surface area contributed by atoms with Crippen molar-refractivity contribution in [3.8, 4) is 0 Å². The van der Waals surface area contributed by atoms with Crippen molar-refractivity contribution in [3.63, 3.8) is 0 Å². The first-order valence-corrected chi connectivity index (χ1v) is 10.2. The minimum atomic E-state index is 0.0500. The van der Waals surface area contributed by atoms with Crippen molar-refractivity contribution < 1.29 is 4.79 Å². The van der Waals surface area contributed by atoms with E-state index in [2.05, 4.69) is 28.2 Å². The molecular weight excluding hydrogens is 326 g/mol. The molecule has 0 aromatic heterocycles. The zero-order chi connectivity index (χ0) is 15.1. The second kappa shape index (κ2) is 8.55. The molecule has 0 unspecified atom stereocenters. The van der Waals surface area contributed by atoms with E-state index in [1.807, 2.05) is 0 Å². The highest BCUT2D eigenvalue weighted by Gasteiger charge is 2.35. The normalized spacial score (nSPS) is 29.0. The second-order valence-corrected chi connectivity index (χ2v) is 7.88. The second-order valence-electron chi connectivity index (χ2n) is 7.32. The summed E-state index contributed by atoms with van der Waals surface area (Å²) < 4.78 is 0. The van der Waals surface area contributed by atoms with Crippen LogP contribution in [-0.4, -0.2) is 16.8 Å².